The highest BCUT2D eigenvalue weighted by molar-refractivity contribution is 8.00. The molecule has 3 saturated heterocycles. The number of cyclic esters (lactones) is 1. The lowest BCUT2D eigenvalue weighted by molar-refractivity contribution is 0.132. The van der Waals surface area contributed by atoms with Gasteiger partial charge in [0.05, 0.1) is 31.6 Å². The van der Waals surface area contributed by atoms with E-state index in [1.807, 2.05) is 16.7 Å². The van der Waals surface area contributed by atoms with E-state index in [0.717, 1.165) is 24.6 Å². The third-order valence-corrected chi connectivity index (χ3v) is 6.62. The number of methoxy groups -OCH3 is 1. The van der Waals surface area contributed by atoms with E-state index in [1.54, 1.807) is 12.1 Å². The fraction of sp³-hybridized carbons (Fsp3) is 0.529. The van der Waals surface area contributed by atoms with Crippen LogP contribution in [0.4, 0.5) is 25.4 Å². The monoisotopic (exact) mass is 381 g/mol. The number of thioether (sulfide) groups is 1. The van der Waals surface area contributed by atoms with Gasteiger partial charge in [-0.05, 0) is 18.2 Å². The number of ether oxygens (including phenoxy) is 2. The van der Waals surface area contributed by atoms with Crippen molar-refractivity contribution in [1.29, 1.82) is 0 Å². The molecule has 3 aliphatic rings. The molecule has 3 heterocycles. The van der Waals surface area contributed by atoms with Gasteiger partial charge >= 0.3 is 12.2 Å². The average Bonchev–Trinajstić information content (AvgIpc) is 2.92. The van der Waals surface area contributed by atoms with Crippen molar-refractivity contribution >= 4 is 35.3 Å². The Labute approximate surface area is 154 Å². The Balaban J connectivity index is 1.39. The Hall–Kier alpha value is -2.16. The molecule has 0 aromatic heterocycles. The van der Waals surface area contributed by atoms with Crippen LogP contribution in [-0.2, 0) is 9.47 Å². The Bertz CT molecular complexity index is 735. The van der Waals surface area contributed by atoms with E-state index in [-0.39, 0.29) is 18.9 Å². The van der Waals surface area contributed by atoms with Gasteiger partial charge in [0, 0.05) is 30.0 Å². The summed E-state index contributed by atoms with van der Waals surface area (Å²) in [6.45, 7) is 2.17. The molecule has 140 valence electrons. The molecule has 0 aliphatic carbocycles. The number of rotatable bonds is 4. The van der Waals surface area contributed by atoms with Crippen LogP contribution in [0.2, 0.25) is 0 Å². The van der Waals surface area contributed by atoms with Crippen molar-refractivity contribution in [3.05, 3.63) is 24.0 Å². The Morgan fingerprint density at radius 2 is 2.23 bits per heavy atom. The molecule has 1 N–H and O–H groups in total. The fourth-order valence-corrected chi connectivity index (χ4v) is 4.68. The van der Waals surface area contributed by atoms with E-state index >= 15 is 0 Å². The summed E-state index contributed by atoms with van der Waals surface area (Å²) in [6.07, 6.45) is -1.65. The second-order valence-electron chi connectivity index (χ2n) is 6.97. The summed E-state index contributed by atoms with van der Waals surface area (Å²) >= 11 is 1.94. The first-order valence-electron chi connectivity index (χ1n) is 8.42. The summed E-state index contributed by atoms with van der Waals surface area (Å²) in [5.41, 5.74) is 1.41. The zero-order chi connectivity index (χ0) is 18.3. The summed E-state index contributed by atoms with van der Waals surface area (Å²) in [7, 11) is 1.26. The number of anilines is 2. The zero-order valence-corrected chi connectivity index (χ0v) is 15.2. The lowest BCUT2D eigenvalue weighted by atomic mass is 9.82. The highest BCUT2D eigenvalue weighted by atomic mass is 32.2. The molecule has 0 saturated carbocycles. The predicted octanol–water partition coefficient (Wildman–Crippen LogP) is 2.06. The van der Waals surface area contributed by atoms with Crippen LogP contribution in [0, 0.1) is 11.2 Å². The summed E-state index contributed by atoms with van der Waals surface area (Å²) in [5.74, 6) is 1.97. The smallest absolute Gasteiger partial charge is 0.414 e. The van der Waals surface area contributed by atoms with Crippen molar-refractivity contribution in [1.82, 2.24) is 5.32 Å². The van der Waals surface area contributed by atoms with Gasteiger partial charge in [-0.15, -0.1) is 0 Å². The van der Waals surface area contributed by atoms with Crippen molar-refractivity contribution in [2.24, 2.45) is 5.41 Å². The first-order chi connectivity index (χ1) is 12.5. The number of carbonyl (C=O) groups excluding carboxylic acids is 2. The van der Waals surface area contributed by atoms with Crippen LogP contribution in [0.5, 0.6) is 0 Å². The highest BCUT2D eigenvalue weighted by Gasteiger charge is 2.48. The standard InChI is InChI=1S/C17H20FN3O4S/c1-24-15(22)19-5-12-6-21(16(23)25-12)11-2-3-14(13(18)4-11)20-7-17(8-20)9-26-10-17/h2-4,12H,5-10H2,1H3,(H,19,22). The van der Waals surface area contributed by atoms with Crippen LogP contribution in [0.25, 0.3) is 0 Å². The van der Waals surface area contributed by atoms with E-state index < -0.39 is 18.3 Å². The fourth-order valence-electron chi connectivity index (χ4n) is 3.54. The SMILES string of the molecule is COC(=O)NCC1CN(c2ccc(N3CC4(CSC4)C3)c(F)c2)C(=O)O1. The van der Waals surface area contributed by atoms with Crippen LogP contribution in [0.15, 0.2) is 18.2 Å². The number of hydrogen-bond donors (Lipinski definition) is 1. The van der Waals surface area contributed by atoms with Crippen LogP contribution >= 0.6 is 11.8 Å². The topological polar surface area (TPSA) is 71.1 Å². The maximum absolute atomic E-state index is 14.6. The maximum atomic E-state index is 14.6. The molecule has 1 aromatic carbocycles. The van der Waals surface area contributed by atoms with Gasteiger partial charge in [-0.1, -0.05) is 0 Å². The molecule has 3 fully saturated rings. The number of halogens is 1. The molecule has 0 radical (unpaired) electrons. The molecule has 1 unspecified atom stereocenters. The molecule has 1 atom stereocenters. The van der Waals surface area contributed by atoms with Gasteiger partial charge in [0.1, 0.15) is 11.9 Å². The lowest BCUT2D eigenvalue weighted by Gasteiger charge is -2.56. The Kier molecular flexibility index (Phi) is 4.34. The second kappa shape index (κ2) is 6.53. The van der Waals surface area contributed by atoms with E-state index in [9.17, 15) is 14.0 Å². The number of hydrogen-bond acceptors (Lipinski definition) is 6. The first-order valence-corrected chi connectivity index (χ1v) is 9.57. The molecule has 1 spiro atoms. The third kappa shape index (κ3) is 3.04. The molecular formula is C17H20FN3O4S. The molecule has 9 heteroatoms. The van der Waals surface area contributed by atoms with Crippen molar-refractivity contribution in [3.63, 3.8) is 0 Å². The van der Waals surface area contributed by atoms with E-state index in [4.69, 9.17) is 4.74 Å². The van der Waals surface area contributed by atoms with Gasteiger partial charge in [0.25, 0.3) is 0 Å². The van der Waals surface area contributed by atoms with E-state index in [0.29, 0.717) is 16.8 Å². The van der Waals surface area contributed by atoms with Crippen LogP contribution in [0.1, 0.15) is 0 Å². The van der Waals surface area contributed by atoms with Crippen LogP contribution < -0.4 is 15.1 Å². The lowest BCUT2D eigenvalue weighted by Crippen LogP contribution is -2.63. The van der Waals surface area contributed by atoms with Gasteiger partial charge in [-0.25, -0.2) is 14.0 Å². The van der Waals surface area contributed by atoms with Crippen molar-refractivity contribution in [2.45, 2.75) is 6.10 Å². The van der Waals surface area contributed by atoms with Gasteiger partial charge in [-0.3, -0.25) is 4.90 Å². The number of amides is 2. The average molecular weight is 381 g/mol. The molecule has 2 amide bonds. The van der Waals surface area contributed by atoms with Crippen LogP contribution in [0.3, 0.4) is 0 Å². The number of nitrogens with one attached hydrogen (secondary N) is 1. The summed E-state index contributed by atoms with van der Waals surface area (Å²) < 4.78 is 24.3. The van der Waals surface area contributed by atoms with Crippen molar-refractivity contribution in [3.8, 4) is 0 Å². The number of nitrogens with zero attached hydrogens (tertiary/aromatic N) is 2. The highest BCUT2D eigenvalue weighted by Crippen LogP contribution is 2.47. The van der Waals surface area contributed by atoms with Gasteiger partial charge in [0.15, 0.2) is 0 Å². The Morgan fingerprint density at radius 3 is 2.85 bits per heavy atom. The van der Waals surface area contributed by atoms with Gasteiger partial charge in [0.2, 0.25) is 0 Å². The molecular weight excluding hydrogens is 361 g/mol. The quantitative estimate of drug-likeness (QED) is 0.861. The van der Waals surface area contributed by atoms with Gasteiger partial charge in [-0.2, -0.15) is 11.8 Å². The number of benzene rings is 1. The molecule has 3 aliphatic heterocycles. The van der Waals surface area contributed by atoms with Crippen molar-refractivity contribution in [2.75, 3.05) is 54.6 Å². The number of carbonyl (C=O) groups is 2. The first kappa shape index (κ1) is 17.3. The normalized spacial score (nSPS) is 23.3. The Morgan fingerprint density at radius 1 is 1.46 bits per heavy atom. The zero-order valence-electron chi connectivity index (χ0n) is 14.4. The minimum absolute atomic E-state index is 0.142. The molecule has 1 aromatic rings. The van der Waals surface area contributed by atoms with Gasteiger partial charge < -0.3 is 19.7 Å². The summed E-state index contributed by atoms with van der Waals surface area (Å²) in [5, 5.41) is 2.49. The second-order valence-corrected chi connectivity index (χ2v) is 7.96. The molecule has 4 rings (SSSR count). The van der Waals surface area contributed by atoms with Crippen molar-refractivity contribution < 1.29 is 23.5 Å². The minimum Gasteiger partial charge on any atom is -0.453 e. The maximum Gasteiger partial charge on any atom is 0.414 e. The summed E-state index contributed by atoms with van der Waals surface area (Å²) in [4.78, 5) is 26.6. The summed E-state index contributed by atoms with van der Waals surface area (Å²) in [6, 6.07) is 4.82. The van der Waals surface area contributed by atoms with Crippen LogP contribution in [-0.4, -0.2) is 63.1 Å². The number of alkyl carbamates (subject to hydrolysis) is 1. The third-order valence-electron chi connectivity index (χ3n) is 4.99. The molecule has 26 heavy (non-hydrogen) atoms. The largest absolute Gasteiger partial charge is 0.453 e. The van der Waals surface area contributed by atoms with E-state index in [2.05, 4.69) is 10.1 Å². The predicted molar refractivity (Wildman–Crippen MR) is 96.4 cm³/mol. The molecule has 0 bridgehead atoms. The molecule has 7 nitrogen and oxygen atoms in total. The van der Waals surface area contributed by atoms with E-state index in [1.165, 1.54) is 18.1 Å². The minimum atomic E-state index is -0.591.